The fraction of sp³-hybridized carbons (Fsp3) is 0.533. The van der Waals surface area contributed by atoms with E-state index in [0.717, 1.165) is 30.8 Å². The Kier molecular flexibility index (Phi) is 8.34. The molecule has 0 spiro atoms. The van der Waals surface area contributed by atoms with E-state index in [1.807, 2.05) is 24.3 Å². The molecular formula is C15H24N2O2S. The van der Waals surface area contributed by atoms with Crippen LogP contribution >= 0.6 is 11.8 Å². The van der Waals surface area contributed by atoms with Gasteiger partial charge in [-0.15, -0.1) is 11.8 Å². The quantitative estimate of drug-likeness (QED) is 0.613. The van der Waals surface area contributed by atoms with Gasteiger partial charge in [0.25, 0.3) is 0 Å². The monoisotopic (exact) mass is 296 g/mol. The first-order chi connectivity index (χ1) is 9.65. The number of hydrogen-bond acceptors (Lipinski definition) is 4. The Morgan fingerprint density at radius 1 is 1.35 bits per heavy atom. The predicted octanol–water partition coefficient (Wildman–Crippen LogP) is 2.49. The van der Waals surface area contributed by atoms with E-state index >= 15 is 0 Å². The number of aliphatic hydroxyl groups excluding tert-OH is 1. The van der Waals surface area contributed by atoms with Crippen molar-refractivity contribution in [2.75, 3.05) is 24.2 Å². The first kappa shape index (κ1) is 17.0. The molecule has 0 aromatic heterocycles. The topological polar surface area (TPSA) is 61.4 Å². The van der Waals surface area contributed by atoms with Crippen molar-refractivity contribution < 1.29 is 9.90 Å². The summed E-state index contributed by atoms with van der Waals surface area (Å²) in [7, 11) is 0. The average molecular weight is 296 g/mol. The third-order valence-electron chi connectivity index (χ3n) is 2.79. The Hall–Kier alpha value is -1.04. The molecule has 0 aliphatic heterocycles. The molecule has 20 heavy (non-hydrogen) atoms. The standard InChI is InChI=1S/C15H24N2O2S/c1-3-9-16-14(8-10-18)11-20-15-6-4-13(5-7-15)17-12(2)19/h4-7,14,16,18H,3,8-11H2,1-2H3,(H,17,19). The van der Waals surface area contributed by atoms with Gasteiger partial charge in [-0.1, -0.05) is 6.92 Å². The van der Waals surface area contributed by atoms with Crippen LogP contribution in [0, 0.1) is 0 Å². The lowest BCUT2D eigenvalue weighted by atomic mass is 10.2. The molecule has 0 radical (unpaired) electrons. The van der Waals surface area contributed by atoms with Gasteiger partial charge in [-0.3, -0.25) is 4.79 Å². The van der Waals surface area contributed by atoms with Gasteiger partial charge in [0.05, 0.1) is 0 Å². The minimum atomic E-state index is -0.0582. The molecule has 1 aromatic rings. The molecule has 0 fully saturated rings. The number of nitrogens with one attached hydrogen (secondary N) is 2. The van der Waals surface area contributed by atoms with Crippen LogP contribution in [0.4, 0.5) is 5.69 Å². The second-order valence-electron chi connectivity index (χ2n) is 4.68. The second-order valence-corrected chi connectivity index (χ2v) is 5.77. The van der Waals surface area contributed by atoms with Gasteiger partial charge in [-0.2, -0.15) is 0 Å². The molecule has 4 nitrogen and oxygen atoms in total. The van der Waals surface area contributed by atoms with Crippen LogP contribution in [-0.2, 0) is 4.79 Å². The van der Waals surface area contributed by atoms with Crippen molar-refractivity contribution in [3.05, 3.63) is 24.3 Å². The predicted molar refractivity (Wildman–Crippen MR) is 85.3 cm³/mol. The molecule has 0 bridgehead atoms. The first-order valence-corrected chi connectivity index (χ1v) is 7.99. The summed E-state index contributed by atoms with van der Waals surface area (Å²) in [5.41, 5.74) is 0.817. The second kappa shape index (κ2) is 9.80. The summed E-state index contributed by atoms with van der Waals surface area (Å²) in [5, 5.41) is 15.3. The number of hydrogen-bond donors (Lipinski definition) is 3. The summed E-state index contributed by atoms with van der Waals surface area (Å²) in [6, 6.07) is 8.16. The maximum Gasteiger partial charge on any atom is 0.221 e. The molecule has 112 valence electrons. The fourth-order valence-electron chi connectivity index (χ4n) is 1.78. The zero-order valence-corrected chi connectivity index (χ0v) is 13.0. The van der Waals surface area contributed by atoms with Crippen LogP contribution < -0.4 is 10.6 Å². The number of benzene rings is 1. The molecule has 1 rings (SSSR count). The van der Waals surface area contributed by atoms with Crippen LogP contribution in [0.25, 0.3) is 0 Å². The minimum Gasteiger partial charge on any atom is -0.396 e. The molecule has 5 heteroatoms. The number of rotatable bonds is 9. The van der Waals surface area contributed by atoms with Crippen molar-refractivity contribution in [3.8, 4) is 0 Å². The number of anilines is 1. The van der Waals surface area contributed by atoms with Gasteiger partial charge in [0, 0.05) is 35.9 Å². The zero-order valence-electron chi connectivity index (χ0n) is 12.2. The summed E-state index contributed by atoms with van der Waals surface area (Å²) in [4.78, 5) is 12.1. The van der Waals surface area contributed by atoms with Crippen molar-refractivity contribution in [1.82, 2.24) is 5.32 Å². The van der Waals surface area contributed by atoms with E-state index in [-0.39, 0.29) is 12.5 Å². The fourth-order valence-corrected chi connectivity index (χ4v) is 2.79. The summed E-state index contributed by atoms with van der Waals surface area (Å²) in [5.74, 6) is 0.872. The molecule has 0 aliphatic carbocycles. The number of carbonyl (C=O) groups excluding carboxylic acids is 1. The molecule has 0 heterocycles. The third-order valence-corrected chi connectivity index (χ3v) is 3.96. The smallest absolute Gasteiger partial charge is 0.221 e. The highest BCUT2D eigenvalue weighted by Gasteiger charge is 2.07. The Bertz CT molecular complexity index is 395. The molecule has 0 saturated heterocycles. The summed E-state index contributed by atoms with van der Waals surface area (Å²) < 4.78 is 0. The van der Waals surface area contributed by atoms with Gasteiger partial charge in [-0.25, -0.2) is 0 Å². The van der Waals surface area contributed by atoms with Crippen LogP contribution in [0.2, 0.25) is 0 Å². The van der Waals surface area contributed by atoms with E-state index in [2.05, 4.69) is 17.6 Å². The van der Waals surface area contributed by atoms with E-state index in [1.165, 1.54) is 11.8 Å². The first-order valence-electron chi connectivity index (χ1n) is 7.00. The maximum atomic E-state index is 10.9. The normalized spacial score (nSPS) is 12.2. The van der Waals surface area contributed by atoms with Crippen molar-refractivity contribution in [2.24, 2.45) is 0 Å². The number of aliphatic hydroxyl groups is 1. The molecule has 0 aliphatic rings. The highest BCUT2D eigenvalue weighted by Crippen LogP contribution is 2.21. The number of amides is 1. The van der Waals surface area contributed by atoms with E-state index in [9.17, 15) is 4.79 Å². The van der Waals surface area contributed by atoms with E-state index in [4.69, 9.17) is 5.11 Å². The SMILES string of the molecule is CCCNC(CCO)CSc1ccc(NC(C)=O)cc1. The molecule has 1 aromatic carbocycles. The zero-order chi connectivity index (χ0) is 14.8. The molecular weight excluding hydrogens is 272 g/mol. The van der Waals surface area contributed by atoms with Crippen LogP contribution in [-0.4, -0.2) is 36.0 Å². The van der Waals surface area contributed by atoms with Crippen molar-refractivity contribution in [3.63, 3.8) is 0 Å². The Balaban J connectivity index is 2.44. The highest BCUT2D eigenvalue weighted by molar-refractivity contribution is 7.99. The average Bonchev–Trinajstić information content (AvgIpc) is 2.43. The summed E-state index contributed by atoms with van der Waals surface area (Å²) in [6.07, 6.45) is 1.87. The van der Waals surface area contributed by atoms with Gasteiger partial charge < -0.3 is 15.7 Å². The number of thioether (sulfide) groups is 1. The van der Waals surface area contributed by atoms with E-state index in [1.54, 1.807) is 11.8 Å². The molecule has 1 atom stereocenters. The largest absolute Gasteiger partial charge is 0.396 e. The number of carbonyl (C=O) groups is 1. The Morgan fingerprint density at radius 3 is 2.60 bits per heavy atom. The molecule has 3 N–H and O–H groups in total. The van der Waals surface area contributed by atoms with E-state index < -0.39 is 0 Å². The van der Waals surface area contributed by atoms with E-state index in [0.29, 0.717) is 6.04 Å². The van der Waals surface area contributed by atoms with Crippen molar-refractivity contribution in [1.29, 1.82) is 0 Å². The Labute approximate surface area is 125 Å². The van der Waals surface area contributed by atoms with Crippen molar-refractivity contribution >= 4 is 23.4 Å². The molecule has 0 saturated carbocycles. The van der Waals surface area contributed by atoms with Gasteiger partial charge >= 0.3 is 0 Å². The van der Waals surface area contributed by atoms with Crippen LogP contribution in [0.3, 0.4) is 0 Å². The van der Waals surface area contributed by atoms with Crippen LogP contribution in [0.5, 0.6) is 0 Å². The Morgan fingerprint density at radius 2 is 2.05 bits per heavy atom. The van der Waals surface area contributed by atoms with Gasteiger partial charge in [-0.05, 0) is 43.7 Å². The summed E-state index contributed by atoms with van der Waals surface area (Å²) in [6.45, 7) is 4.83. The third kappa shape index (κ3) is 6.93. The lowest BCUT2D eigenvalue weighted by Crippen LogP contribution is -2.32. The minimum absolute atomic E-state index is 0.0582. The molecule has 1 unspecified atom stereocenters. The van der Waals surface area contributed by atoms with Crippen LogP contribution in [0.1, 0.15) is 26.7 Å². The van der Waals surface area contributed by atoms with Gasteiger partial charge in [0.1, 0.15) is 0 Å². The van der Waals surface area contributed by atoms with Crippen LogP contribution in [0.15, 0.2) is 29.2 Å². The maximum absolute atomic E-state index is 10.9. The lowest BCUT2D eigenvalue weighted by molar-refractivity contribution is -0.114. The molecule has 1 amide bonds. The van der Waals surface area contributed by atoms with Gasteiger partial charge in [0.2, 0.25) is 5.91 Å². The highest BCUT2D eigenvalue weighted by atomic mass is 32.2. The van der Waals surface area contributed by atoms with Crippen molar-refractivity contribution in [2.45, 2.75) is 37.6 Å². The summed E-state index contributed by atoms with van der Waals surface area (Å²) >= 11 is 1.76. The lowest BCUT2D eigenvalue weighted by Gasteiger charge is -2.17. The van der Waals surface area contributed by atoms with Gasteiger partial charge in [0.15, 0.2) is 0 Å².